The Kier molecular flexibility index (Phi) is 6.51. The summed E-state index contributed by atoms with van der Waals surface area (Å²) >= 11 is 2.35. The highest BCUT2D eigenvalue weighted by Gasteiger charge is 2.10. The van der Waals surface area contributed by atoms with Crippen molar-refractivity contribution in [2.24, 2.45) is 0 Å². The zero-order chi connectivity index (χ0) is 15.1. The number of ether oxygens (including phenoxy) is 1. The first-order chi connectivity index (χ1) is 10.2. The second-order valence-corrected chi connectivity index (χ2v) is 6.29. The average Bonchev–Trinajstić information content (AvgIpc) is 2.53. The molecule has 0 saturated carbocycles. The molecule has 0 aliphatic heterocycles. The van der Waals surface area contributed by atoms with Gasteiger partial charge in [0, 0.05) is 9.61 Å². The van der Waals surface area contributed by atoms with Crippen molar-refractivity contribution >= 4 is 22.6 Å². The molecule has 0 fully saturated rings. The average molecular weight is 395 g/mol. The van der Waals surface area contributed by atoms with Gasteiger partial charge in [0.05, 0.1) is 7.11 Å². The Bertz CT molecular complexity index is 536. The first-order valence-corrected chi connectivity index (χ1v) is 8.42. The summed E-state index contributed by atoms with van der Waals surface area (Å²) in [5.74, 6) is 0.916. The quantitative estimate of drug-likeness (QED) is 0.693. The minimum atomic E-state index is 0.411. The Balaban J connectivity index is 2.00. The number of halogens is 1. The molecule has 21 heavy (non-hydrogen) atoms. The Morgan fingerprint density at radius 1 is 1.05 bits per heavy atom. The monoisotopic (exact) mass is 395 g/mol. The van der Waals surface area contributed by atoms with Crippen LogP contribution in [0.15, 0.2) is 48.5 Å². The van der Waals surface area contributed by atoms with Crippen molar-refractivity contribution < 1.29 is 4.74 Å². The van der Waals surface area contributed by atoms with Gasteiger partial charge in [0.2, 0.25) is 0 Å². The maximum absolute atomic E-state index is 5.20. The van der Waals surface area contributed by atoms with Crippen LogP contribution in [0.3, 0.4) is 0 Å². The van der Waals surface area contributed by atoms with E-state index in [1.54, 1.807) is 7.11 Å². The third kappa shape index (κ3) is 5.00. The highest BCUT2D eigenvalue weighted by atomic mass is 127. The molecule has 0 saturated heterocycles. The number of aryl methyl sites for hydroxylation is 1. The van der Waals surface area contributed by atoms with Crippen molar-refractivity contribution in [1.82, 2.24) is 5.32 Å². The first-order valence-electron chi connectivity index (χ1n) is 7.34. The largest absolute Gasteiger partial charge is 0.497 e. The number of rotatable bonds is 7. The second kappa shape index (κ2) is 8.39. The van der Waals surface area contributed by atoms with Crippen LogP contribution >= 0.6 is 22.6 Å². The lowest BCUT2D eigenvalue weighted by molar-refractivity contribution is 0.414. The van der Waals surface area contributed by atoms with E-state index in [9.17, 15) is 0 Å². The van der Waals surface area contributed by atoms with Crippen molar-refractivity contribution in [3.63, 3.8) is 0 Å². The molecular weight excluding hydrogens is 373 g/mol. The van der Waals surface area contributed by atoms with E-state index in [0.29, 0.717) is 6.04 Å². The van der Waals surface area contributed by atoms with Crippen LogP contribution in [0.5, 0.6) is 5.75 Å². The molecule has 0 heterocycles. The molecule has 1 atom stereocenters. The highest BCUT2D eigenvalue weighted by molar-refractivity contribution is 14.1. The van der Waals surface area contributed by atoms with Crippen LogP contribution < -0.4 is 10.1 Å². The fraction of sp³-hybridized carbons (Fsp3) is 0.333. The summed E-state index contributed by atoms with van der Waals surface area (Å²) in [6.07, 6.45) is 2.16. The van der Waals surface area contributed by atoms with Crippen molar-refractivity contribution in [1.29, 1.82) is 0 Å². The molecule has 0 aliphatic rings. The third-order valence-electron chi connectivity index (χ3n) is 3.60. The van der Waals surface area contributed by atoms with E-state index in [2.05, 4.69) is 71.2 Å². The molecule has 0 spiro atoms. The van der Waals surface area contributed by atoms with E-state index in [4.69, 9.17) is 4.74 Å². The van der Waals surface area contributed by atoms with Crippen LogP contribution in [0.2, 0.25) is 0 Å². The molecule has 2 rings (SSSR count). The molecule has 0 aliphatic carbocycles. The van der Waals surface area contributed by atoms with Crippen LogP contribution in [-0.4, -0.2) is 13.7 Å². The summed E-state index contributed by atoms with van der Waals surface area (Å²) in [6.45, 7) is 3.15. The van der Waals surface area contributed by atoms with Gasteiger partial charge in [-0.1, -0.05) is 31.2 Å². The standard InChI is InChI=1S/C18H22INO/c1-3-20-18(15-7-9-16(19)10-8-15)13-6-14-4-11-17(21-2)12-5-14/h4-5,7-12,18,20H,3,6,13H2,1-2H3. The number of benzene rings is 2. The maximum atomic E-state index is 5.20. The maximum Gasteiger partial charge on any atom is 0.118 e. The molecule has 0 bridgehead atoms. The lowest BCUT2D eigenvalue weighted by Crippen LogP contribution is -2.21. The van der Waals surface area contributed by atoms with E-state index in [1.807, 2.05) is 12.1 Å². The zero-order valence-corrected chi connectivity index (χ0v) is 14.8. The van der Waals surface area contributed by atoms with E-state index in [1.165, 1.54) is 14.7 Å². The number of nitrogens with one attached hydrogen (secondary N) is 1. The van der Waals surface area contributed by atoms with Crippen molar-refractivity contribution in [3.05, 3.63) is 63.2 Å². The van der Waals surface area contributed by atoms with Crippen LogP contribution in [0.25, 0.3) is 0 Å². The molecule has 0 amide bonds. The summed E-state index contributed by atoms with van der Waals surface area (Å²) in [4.78, 5) is 0. The fourth-order valence-electron chi connectivity index (χ4n) is 2.43. The predicted molar refractivity (Wildman–Crippen MR) is 96.9 cm³/mol. The van der Waals surface area contributed by atoms with Crippen LogP contribution in [0, 0.1) is 3.57 Å². The van der Waals surface area contributed by atoms with Gasteiger partial charge < -0.3 is 10.1 Å². The number of methoxy groups -OCH3 is 1. The Morgan fingerprint density at radius 3 is 2.29 bits per heavy atom. The summed E-state index contributed by atoms with van der Waals surface area (Å²) < 4.78 is 6.48. The molecule has 112 valence electrons. The van der Waals surface area contributed by atoms with E-state index < -0.39 is 0 Å². The normalized spacial score (nSPS) is 12.1. The minimum Gasteiger partial charge on any atom is -0.497 e. The second-order valence-electron chi connectivity index (χ2n) is 5.05. The van der Waals surface area contributed by atoms with Crippen molar-refractivity contribution in [2.45, 2.75) is 25.8 Å². The van der Waals surface area contributed by atoms with E-state index in [0.717, 1.165) is 25.1 Å². The van der Waals surface area contributed by atoms with Gasteiger partial charge >= 0.3 is 0 Å². The van der Waals surface area contributed by atoms with Gasteiger partial charge in [-0.05, 0) is 77.4 Å². The first kappa shape index (κ1) is 16.3. The zero-order valence-electron chi connectivity index (χ0n) is 12.6. The molecule has 0 aromatic heterocycles. The SMILES string of the molecule is CCNC(CCc1ccc(OC)cc1)c1ccc(I)cc1. The number of hydrogen-bond donors (Lipinski definition) is 1. The molecular formula is C18H22INO. The van der Waals surface area contributed by atoms with Gasteiger partial charge in [-0.3, -0.25) is 0 Å². The third-order valence-corrected chi connectivity index (χ3v) is 4.32. The van der Waals surface area contributed by atoms with Crippen LogP contribution in [0.4, 0.5) is 0 Å². The molecule has 3 heteroatoms. The van der Waals surface area contributed by atoms with Gasteiger partial charge in [0.1, 0.15) is 5.75 Å². The fourth-order valence-corrected chi connectivity index (χ4v) is 2.79. The molecule has 2 aromatic rings. The van der Waals surface area contributed by atoms with E-state index >= 15 is 0 Å². The molecule has 0 radical (unpaired) electrons. The van der Waals surface area contributed by atoms with Gasteiger partial charge in [-0.15, -0.1) is 0 Å². The Morgan fingerprint density at radius 2 is 1.71 bits per heavy atom. The molecule has 2 aromatic carbocycles. The minimum absolute atomic E-state index is 0.411. The summed E-state index contributed by atoms with van der Waals surface area (Å²) in [7, 11) is 1.70. The molecule has 1 N–H and O–H groups in total. The van der Waals surface area contributed by atoms with Crippen LogP contribution in [0.1, 0.15) is 30.5 Å². The predicted octanol–water partition coefficient (Wildman–Crippen LogP) is 4.58. The number of hydrogen-bond acceptors (Lipinski definition) is 2. The van der Waals surface area contributed by atoms with Gasteiger partial charge in [0.25, 0.3) is 0 Å². The summed E-state index contributed by atoms with van der Waals surface area (Å²) in [6, 6.07) is 17.6. The lowest BCUT2D eigenvalue weighted by atomic mass is 9.99. The van der Waals surface area contributed by atoms with Gasteiger partial charge in [0.15, 0.2) is 0 Å². The molecule has 2 nitrogen and oxygen atoms in total. The van der Waals surface area contributed by atoms with Crippen molar-refractivity contribution in [2.75, 3.05) is 13.7 Å². The lowest BCUT2D eigenvalue weighted by Gasteiger charge is -2.18. The summed E-state index contributed by atoms with van der Waals surface area (Å²) in [5, 5.41) is 3.58. The Hall–Kier alpha value is -1.07. The van der Waals surface area contributed by atoms with Crippen molar-refractivity contribution in [3.8, 4) is 5.75 Å². The van der Waals surface area contributed by atoms with Crippen LogP contribution in [-0.2, 0) is 6.42 Å². The Labute approximate surface area is 141 Å². The van der Waals surface area contributed by atoms with E-state index in [-0.39, 0.29) is 0 Å². The topological polar surface area (TPSA) is 21.3 Å². The van der Waals surface area contributed by atoms with Gasteiger partial charge in [-0.25, -0.2) is 0 Å². The smallest absolute Gasteiger partial charge is 0.118 e. The summed E-state index contributed by atoms with van der Waals surface area (Å²) in [5.41, 5.74) is 2.72. The highest BCUT2D eigenvalue weighted by Crippen LogP contribution is 2.21. The molecule has 1 unspecified atom stereocenters. The van der Waals surface area contributed by atoms with Gasteiger partial charge in [-0.2, -0.15) is 0 Å².